The summed E-state index contributed by atoms with van der Waals surface area (Å²) in [5.74, 6) is 0. The molecule has 1 aliphatic carbocycles. The average Bonchev–Trinajstić information content (AvgIpc) is 2.80. The highest BCUT2D eigenvalue weighted by atomic mass is 16.6. The molecule has 4 heteroatoms. The van der Waals surface area contributed by atoms with Gasteiger partial charge in [-0.2, -0.15) is 0 Å². The number of nitrogens with zero attached hydrogens (tertiary/aromatic N) is 1. The van der Waals surface area contributed by atoms with Crippen LogP contribution >= 0.6 is 0 Å². The number of rotatable bonds is 2. The van der Waals surface area contributed by atoms with Crippen LogP contribution in [0.4, 0.5) is 4.79 Å². The zero-order chi connectivity index (χ0) is 11.4. The number of carbonyl (C=O) groups is 1. The van der Waals surface area contributed by atoms with E-state index in [9.17, 15) is 9.90 Å². The van der Waals surface area contributed by atoms with Gasteiger partial charge >= 0.3 is 6.09 Å². The predicted octanol–water partition coefficient (Wildman–Crippen LogP) is 1.91. The van der Waals surface area contributed by atoms with Crippen LogP contribution in [0.1, 0.15) is 44.9 Å². The molecule has 0 aromatic carbocycles. The summed E-state index contributed by atoms with van der Waals surface area (Å²) in [4.78, 5) is 13.4. The molecule has 0 unspecified atom stereocenters. The van der Waals surface area contributed by atoms with E-state index in [-0.39, 0.29) is 12.7 Å². The van der Waals surface area contributed by atoms with Crippen molar-refractivity contribution in [2.45, 2.75) is 50.5 Å². The second kappa shape index (κ2) is 5.04. The van der Waals surface area contributed by atoms with Crippen LogP contribution < -0.4 is 0 Å². The first-order valence-corrected chi connectivity index (χ1v) is 6.34. The molecule has 16 heavy (non-hydrogen) atoms. The van der Waals surface area contributed by atoms with Crippen molar-refractivity contribution in [3.63, 3.8) is 0 Å². The van der Waals surface area contributed by atoms with Crippen molar-refractivity contribution in [2.75, 3.05) is 19.7 Å². The highest BCUT2D eigenvalue weighted by molar-refractivity contribution is 5.67. The molecule has 4 nitrogen and oxygen atoms in total. The number of carbonyl (C=O) groups excluding carboxylic acids is 1. The molecule has 1 saturated carbocycles. The third kappa shape index (κ3) is 2.88. The molecule has 1 heterocycles. The summed E-state index contributed by atoms with van der Waals surface area (Å²) in [5, 5.41) is 10.2. The molecule has 1 amide bonds. The van der Waals surface area contributed by atoms with Crippen molar-refractivity contribution in [3.05, 3.63) is 0 Å². The van der Waals surface area contributed by atoms with Crippen molar-refractivity contribution >= 4 is 6.09 Å². The van der Waals surface area contributed by atoms with E-state index in [1.807, 2.05) is 0 Å². The second-order valence-electron chi connectivity index (χ2n) is 5.03. The molecule has 0 bridgehead atoms. The van der Waals surface area contributed by atoms with Crippen molar-refractivity contribution in [1.29, 1.82) is 0 Å². The maximum absolute atomic E-state index is 11.6. The number of hydrogen-bond donors (Lipinski definition) is 1. The Morgan fingerprint density at radius 1 is 1.12 bits per heavy atom. The van der Waals surface area contributed by atoms with Crippen LogP contribution in [-0.4, -0.2) is 41.4 Å². The molecular formula is C12H21NO3. The topological polar surface area (TPSA) is 49.8 Å². The minimum absolute atomic E-state index is 0.169. The molecule has 2 aliphatic rings. The lowest BCUT2D eigenvalue weighted by atomic mass is 9.86. The Kier molecular flexibility index (Phi) is 3.69. The Hall–Kier alpha value is -0.770. The number of amides is 1. The van der Waals surface area contributed by atoms with Gasteiger partial charge in [-0.1, -0.05) is 19.3 Å². The molecule has 0 radical (unpaired) electrons. The molecule has 92 valence electrons. The Labute approximate surface area is 96.6 Å². The van der Waals surface area contributed by atoms with Crippen LogP contribution in [0.5, 0.6) is 0 Å². The summed E-state index contributed by atoms with van der Waals surface area (Å²) in [6, 6.07) is 0. The highest BCUT2D eigenvalue weighted by Gasteiger charge is 2.31. The van der Waals surface area contributed by atoms with E-state index in [0.717, 1.165) is 51.6 Å². The lowest BCUT2D eigenvalue weighted by Gasteiger charge is -2.31. The fourth-order valence-electron chi connectivity index (χ4n) is 2.54. The standard InChI is InChI=1S/C12H21NO3/c14-11(13-8-4-5-9-13)16-10-12(15)6-2-1-3-7-12/h15H,1-10H2. The van der Waals surface area contributed by atoms with Crippen LogP contribution in [0.2, 0.25) is 0 Å². The molecule has 1 N–H and O–H groups in total. The van der Waals surface area contributed by atoms with Crippen molar-refractivity contribution in [1.82, 2.24) is 4.90 Å². The van der Waals surface area contributed by atoms with Crippen LogP contribution in [0.15, 0.2) is 0 Å². The van der Waals surface area contributed by atoms with Crippen LogP contribution in [0.25, 0.3) is 0 Å². The Morgan fingerprint density at radius 2 is 1.75 bits per heavy atom. The average molecular weight is 227 g/mol. The van der Waals surface area contributed by atoms with E-state index in [2.05, 4.69) is 0 Å². The fraction of sp³-hybridized carbons (Fsp3) is 0.917. The van der Waals surface area contributed by atoms with Crippen LogP contribution in [-0.2, 0) is 4.74 Å². The lowest BCUT2D eigenvalue weighted by molar-refractivity contribution is -0.0518. The van der Waals surface area contributed by atoms with Gasteiger partial charge in [-0.15, -0.1) is 0 Å². The minimum Gasteiger partial charge on any atom is -0.446 e. The molecule has 0 spiro atoms. The Bertz CT molecular complexity index is 243. The van der Waals surface area contributed by atoms with Gasteiger partial charge in [0.05, 0.1) is 5.60 Å². The van der Waals surface area contributed by atoms with E-state index < -0.39 is 5.60 Å². The summed E-state index contributed by atoms with van der Waals surface area (Å²) in [7, 11) is 0. The third-order valence-corrected chi connectivity index (χ3v) is 3.61. The fourth-order valence-corrected chi connectivity index (χ4v) is 2.54. The number of ether oxygens (including phenoxy) is 1. The molecular weight excluding hydrogens is 206 g/mol. The molecule has 2 rings (SSSR count). The lowest BCUT2D eigenvalue weighted by Crippen LogP contribution is -2.40. The van der Waals surface area contributed by atoms with Crippen LogP contribution in [0.3, 0.4) is 0 Å². The van der Waals surface area contributed by atoms with E-state index >= 15 is 0 Å². The monoisotopic (exact) mass is 227 g/mol. The summed E-state index contributed by atoms with van der Waals surface area (Å²) in [6.07, 6.45) is 6.67. The van der Waals surface area contributed by atoms with Gasteiger partial charge in [0.25, 0.3) is 0 Å². The largest absolute Gasteiger partial charge is 0.446 e. The van der Waals surface area contributed by atoms with Crippen LogP contribution in [0, 0.1) is 0 Å². The Morgan fingerprint density at radius 3 is 2.38 bits per heavy atom. The molecule has 2 fully saturated rings. The number of aliphatic hydroxyl groups is 1. The van der Waals surface area contributed by atoms with Gasteiger partial charge in [0.15, 0.2) is 0 Å². The van der Waals surface area contributed by atoms with Crippen molar-refractivity contribution < 1.29 is 14.6 Å². The molecule has 1 aliphatic heterocycles. The quantitative estimate of drug-likeness (QED) is 0.784. The van der Waals surface area contributed by atoms with Gasteiger partial charge in [-0.05, 0) is 25.7 Å². The zero-order valence-corrected chi connectivity index (χ0v) is 9.78. The first-order chi connectivity index (χ1) is 7.70. The number of likely N-dealkylation sites (tertiary alicyclic amines) is 1. The molecule has 1 saturated heterocycles. The van der Waals surface area contributed by atoms with Gasteiger partial charge in [-0.3, -0.25) is 0 Å². The Balaban J connectivity index is 1.75. The summed E-state index contributed by atoms with van der Waals surface area (Å²) in [5.41, 5.74) is -0.756. The van der Waals surface area contributed by atoms with E-state index in [4.69, 9.17) is 4.74 Å². The zero-order valence-electron chi connectivity index (χ0n) is 9.78. The minimum atomic E-state index is -0.756. The number of hydrogen-bond acceptors (Lipinski definition) is 3. The van der Waals surface area contributed by atoms with Gasteiger partial charge in [0.1, 0.15) is 6.61 Å². The molecule has 0 aromatic rings. The van der Waals surface area contributed by atoms with Crippen molar-refractivity contribution in [3.8, 4) is 0 Å². The summed E-state index contributed by atoms with van der Waals surface area (Å²) in [6.45, 7) is 1.77. The van der Waals surface area contributed by atoms with Gasteiger partial charge in [0, 0.05) is 13.1 Å². The SMILES string of the molecule is O=C(OCC1(O)CCCCC1)N1CCCC1. The summed E-state index contributed by atoms with van der Waals surface area (Å²) >= 11 is 0. The van der Waals surface area contributed by atoms with Gasteiger partial charge in [0.2, 0.25) is 0 Å². The maximum Gasteiger partial charge on any atom is 0.409 e. The predicted molar refractivity (Wildman–Crippen MR) is 60.2 cm³/mol. The van der Waals surface area contributed by atoms with Gasteiger partial charge < -0.3 is 14.7 Å². The van der Waals surface area contributed by atoms with Gasteiger partial charge in [-0.25, -0.2) is 4.79 Å². The third-order valence-electron chi connectivity index (χ3n) is 3.61. The van der Waals surface area contributed by atoms with E-state index in [1.165, 1.54) is 6.42 Å². The normalized spacial score (nSPS) is 24.4. The summed E-state index contributed by atoms with van der Waals surface area (Å²) < 4.78 is 5.21. The van der Waals surface area contributed by atoms with E-state index in [0.29, 0.717) is 0 Å². The smallest absolute Gasteiger partial charge is 0.409 e. The molecule has 0 aromatic heterocycles. The first-order valence-electron chi connectivity index (χ1n) is 6.34. The molecule has 0 atom stereocenters. The first kappa shape index (κ1) is 11.7. The second-order valence-corrected chi connectivity index (χ2v) is 5.03. The van der Waals surface area contributed by atoms with E-state index in [1.54, 1.807) is 4.90 Å². The maximum atomic E-state index is 11.6. The van der Waals surface area contributed by atoms with Crippen molar-refractivity contribution in [2.24, 2.45) is 0 Å². The highest BCUT2D eigenvalue weighted by Crippen LogP contribution is 2.28.